The minimum atomic E-state index is -5.08. The van der Waals surface area contributed by atoms with Gasteiger partial charge < -0.3 is 9.84 Å². The molecule has 1 heterocycles. The van der Waals surface area contributed by atoms with Crippen LogP contribution in [0, 0.1) is 0 Å². The minimum absolute atomic E-state index is 0.0959. The lowest BCUT2D eigenvalue weighted by molar-refractivity contribution is -0.192. The molecule has 30 heavy (non-hydrogen) atoms. The Morgan fingerprint density at radius 1 is 1.03 bits per heavy atom. The van der Waals surface area contributed by atoms with Crippen LogP contribution in [0.1, 0.15) is 11.1 Å². The van der Waals surface area contributed by atoms with Crippen molar-refractivity contribution in [3.05, 3.63) is 71.8 Å². The molecule has 0 aliphatic carbocycles. The topological polar surface area (TPSA) is 58.9 Å². The largest absolute Gasteiger partial charge is 0.491 e. The van der Waals surface area contributed by atoms with Crippen LogP contribution in [-0.4, -0.2) is 36.2 Å². The second kappa shape index (κ2) is 8.94. The fourth-order valence-electron chi connectivity index (χ4n) is 2.95. The lowest BCUT2D eigenvalue weighted by Crippen LogP contribution is -2.21. The third-order valence-corrected chi connectivity index (χ3v) is 4.34. The van der Waals surface area contributed by atoms with Crippen LogP contribution >= 0.6 is 0 Å². The zero-order valence-corrected chi connectivity index (χ0v) is 15.6. The summed E-state index contributed by atoms with van der Waals surface area (Å²) in [5.74, 6) is -2.05. The molecule has 1 aliphatic heterocycles. The number of hydrogen-bond donors (Lipinski definition) is 1. The third kappa shape index (κ3) is 5.14. The predicted octanol–water partition coefficient (Wildman–Crippen LogP) is 5.50. The van der Waals surface area contributed by atoms with Crippen molar-refractivity contribution >= 4 is 28.1 Å². The summed E-state index contributed by atoms with van der Waals surface area (Å²) < 4.78 is 49.3. The lowest BCUT2D eigenvalue weighted by Gasteiger charge is -2.07. The first-order valence-electron chi connectivity index (χ1n) is 8.96. The molecule has 156 valence electrons. The molecule has 8 heteroatoms. The molecule has 4 nitrogen and oxygen atoms in total. The van der Waals surface area contributed by atoms with Gasteiger partial charge >= 0.3 is 12.1 Å². The van der Waals surface area contributed by atoms with Gasteiger partial charge in [0.2, 0.25) is 0 Å². The van der Waals surface area contributed by atoms with Crippen molar-refractivity contribution in [3.63, 3.8) is 0 Å². The molecule has 0 unspecified atom stereocenters. The Bertz CT molecular complexity index is 1090. The summed E-state index contributed by atoms with van der Waals surface area (Å²) in [4.78, 5) is 13.6. The van der Waals surface area contributed by atoms with Gasteiger partial charge in [0.15, 0.2) is 0 Å². The molecule has 3 aromatic carbocycles. The highest BCUT2D eigenvalue weighted by Crippen LogP contribution is 2.30. The average Bonchev–Trinajstić information content (AvgIpc) is 3.16. The SMILES string of the molecule is FCCOc1ccc2cc(C3=Nc4ccccc4C3)ccc2c1.O=C(O)C(F)(F)F. The Labute approximate surface area is 169 Å². The first-order chi connectivity index (χ1) is 14.3. The van der Waals surface area contributed by atoms with E-state index < -0.39 is 18.8 Å². The molecule has 0 amide bonds. The van der Waals surface area contributed by atoms with Gasteiger partial charge in [-0.2, -0.15) is 13.2 Å². The number of rotatable bonds is 4. The van der Waals surface area contributed by atoms with Crippen LogP contribution in [0.4, 0.5) is 23.2 Å². The van der Waals surface area contributed by atoms with E-state index in [0.29, 0.717) is 5.75 Å². The Hall–Kier alpha value is -3.42. The highest BCUT2D eigenvalue weighted by Gasteiger charge is 2.38. The second-order valence-electron chi connectivity index (χ2n) is 6.43. The van der Waals surface area contributed by atoms with E-state index in [1.165, 1.54) is 5.56 Å². The van der Waals surface area contributed by atoms with Crippen LogP contribution < -0.4 is 4.74 Å². The van der Waals surface area contributed by atoms with Gasteiger partial charge in [-0.15, -0.1) is 0 Å². The van der Waals surface area contributed by atoms with Crippen LogP contribution in [0.3, 0.4) is 0 Å². The molecule has 3 aromatic rings. The van der Waals surface area contributed by atoms with E-state index in [1.54, 1.807) is 0 Å². The van der Waals surface area contributed by atoms with Crippen LogP contribution in [0.5, 0.6) is 5.75 Å². The van der Waals surface area contributed by atoms with Crippen molar-refractivity contribution in [2.24, 2.45) is 4.99 Å². The van der Waals surface area contributed by atoms with Gasteiger partial charge in [0, 0.05) is 6.42 Å². The standard InChI is InChI=1S/C20H16FNO.C2HF3O2/c21-9-10-23-18-8-7-14-11-17(6-5-15(14)12-18)20-13-16-3-1-2-4-19(16)22-20;3-2(4,5)1(6)7/h1-8,11-12H,9-10,13H2;(H,6,7). The van der Waals surface area contributed by atoms with E-state index in [-0.39, 0.29) is 6.61 Å². The first-order valence-corrected chi connectivity index (χ1v) is 8.96. The number of carboxylic acids is 1. The molecule has 0 bridgehead atoms. The molecular weight excluding hydrogens is 402 g/mol. The van der Waals surface area contributed by atoms with Crippen LogP contribution in [0.2, 0.25) is 0 Å². The Morgan fingerprint density at radius 2 is 1.70 bits per heavy atom. The molecular formula is C22H17F4NO3. The van der Waals surface area contributed by atoms with E-state index in [0.717, 1.165) is 34.2 Å². The number of benzene rings is 3. The Kier molecular flexibility index (Phi) is 6.34. The summed E-state index contributed by atoms with van der Waals surface area (Å²) in [6.45, 7) is -0.379. The molecule has 0 atom stereocenters. The van der Waals surface area contributed by atoms with Gasteiger partial charge in [0.1, 0.15) is 19.0 Å². The Balaban J connectivity index is 0.000000318. The number of carboxylic acid groups (broad SMARTS) is 1. The fraction of sp³-hybridized carbons (Fsp3) is 0.182. The van der Waals surface area contributed by atoms with E-state index in [1.807, 2.05) is 24.3 Å². The second-order valence-corrected chi connectivity index (χ2v) is 6.43. The van der Waals surface area contributed by atoms with E-state index >= 15 is 0 Å². The number of para-hydroxylation sites is 1. The van der Waals surface area contributed by atoms with Gasteiger partial charge in [-0.1, -0.05) is 36.4 Å². The molecule has 4 rings (SSSR count). The first kappa shape index (κ1) is 21.3. The highest BCUT2D eigenvalue weighted by atomic mass is 19.4. The van der Waals surface area contributed by atoms with Gasteiger partial charge in [-0.05, 0) is 46.2 Å². The van der Waals surface area contributed by atoms with E-state index in [9.17, 15) is 17.6 Å². The maximum Gasteiger partial charge on any atom is 0.490 e. The molecule has 0 saturated carbocycles. The smallest absolute Gasteiger partial charge is 0.490 e. The lowest BCUT2D eigenvalue weighted by atomic mass is 10.0. The number of alkyl halides is 4. The predicted molar refractivity (Wildman–Crippen MR) is 105 cm³/mol. The highest BCUT2D eigenvalue weighted by molar-refractivity contribution is 6.08. The summed E-state index contributed by atoms with van der Waals surface area (Å²) in [5, 5.41) is 9.34. The van der Waals surface area contributed by atoms with Crippen molar-refractivity contribution in [2.75, 3.05) is 13.3 Å². The summed E-state index contributed by atoms with van der Waals surface area (Å²) in [6.07, 6.45) is -4.21. The van der Waals surface area contributed by atoms with Gasteiger partial charge in [-0.3, -0.25) is 4.99 Å². The van der Waals surface area contributed by atoms with Crippen LogP contribution in [0.15, 0.2) is 65.7 Å². The molecule has 0 saturated heterocycles. The van der Waals surface area contributed by atoms with Crippen molar-refractivity contribution in [1.29, 1.82) is 0 Å². The summed E-state index contributed by atoms with van der Waals surface area (Å²) in [6, 6.07) is 20.4. The molecule has 0 radical (unpaired) electrons. The quantitative estimate of drug-likeness (QED) is 0.569. The number of nitrogens with zero attached hydrogens (tertiary/aromatic N) is 1. The summed E-state index contributed by atoms with van der Waals surface area (Å²) >= 11 is 0. The van der Waals surface area contributed by atoms with Crippen molar-refractivity contribution in [2.45, 2.75) is 12.6 Å². The monoisotopic (exact) mass is 419 g/mol. The van der Waals surface area contributed by atoms with Crippen molar-refractivity contribution in [3.8, 4) is 5.75 Å². The van der Waals surface area contributed by atoms with Crippen LogP contribution in [-0.2, 0) is 11.2 Å². The number of ether oxygens (including phenoxy) is 1. The summed E-state index contributed by atoms with van der Waals surface area (Å²) in [7, 11) is 0. The zero-order valence-electron chi connectivity index (χ0n) is 15.6. The van der Waals surface area contributed by atoms with Crippen molar-refractivity contribution < 1.29 is 32.2 Å². The number of aliphatic carboxylic acids is 1. The zero-order chi connectivity index (χ0) is 21.7. The van der Waals surface area contributed by atoms with E-state index in [4.69, 9.17) is 19.6 Å². The minimum Gasteiger partial charge on any atom is -0.491 e. The number of fused-ring (bicyclic) bond motifs is 2. The molecule has 0 spiro atoms. The Morgan fingerprint density at radius 3 is 2.37 bits per heavy atom. The number of carbonyl (C=O) groups is 1. The molecule has 0 aromatic heterocycles. The van der Waals surface area contributed by atoms with Crippen molar-refractivity contribution in [1.82, 2.24) is 0 Å². The maximum absolute atomic E-state index is 12.2. The van der Waals surface area contributed by atoms with Gasteiger partial charge in [-0.25, -0.2) is 9.18 Å². The number of aliphatic imine (C=N–C) groups is 1. The molecule has 1 aliphatic rings. The summed E-state index contributed by atoms with van der Waals surface area (Å²) in [5.41, 5.74) is 4.59. The molecule has 0 fully saturated rings. The third-order valence-electron chi connectivity index (χ3n) is 4.34. The number of halogens is 4. The average molecular weight is 419 g/mol. The normalized spacial score (nSPS) is 12.6. The van der Waals surface area contributed by atoms with Gasteiger partial charge in [0.25, 0.3) is 0 Å². The van der Waals surface area contributed by atoms with E-state index in [2.05, 4.69) is 36.4 Å². The van der Waals surface area contributed by atoms with Gasteiger partial charge in [0.05, 0.1) is 11.4 Å². The van der Waals surface area contributed by atoms with Crippen LogP contribution in [0.25, 0.3) is 10.8 Å². The fourth-order valence-corrected chi connectivity index (χ4v) is 2.95. The maximum atomic E-state index is 12.2. The number of hydrogen-bond acceptors (Lipinski definition) is 3. The molecule has 1 N–H and O–H groups in total.